The topological polar surface area (TPSA) is 111 Å². The number of ether oxygens (including phenoxy) is 3. The fraction of sp³-hybridized carbons (Fsp3) is 0.143. The molecule has 0 saturated carbocycles. The third-order valence-corrected chi connectivity index (χ3v) is 9.87. The first kappa shape index (κ1) is 33.0. The number of thioether (sulfide) groups is 1. The van der Waals surface area contributed by atoms with Gasteiger partial charge in [-0.1, -0.05) is 83.2 Å². The van der Waals surface area contributed by atoms with E-state index in [1.54, 1.807) is 30.3 Å². The summed E-state index contributed by atoms with van der Waals surface area (Å²) in [4.78, 5) is 28.6. The molecular weight excluding hydrogens is 677 g/mol. The van der Waals surface area contributed by atoms with Crippen molar-refractivity contribution in [3.63, 3.8) is 0 Å². The number of aliphatic hydroxyl groups is 1. The average Bonchev–Trinajstić information content (AvgIpc) is 3.68. The summed E-state index contributed by atoms with van der Waals surface area (Å²) in [6.45, 7) is 0.277. The molecule has 0 radical (unpaired) electrons. The molecule has 0 bridgehead atoms. The first-order valence-electron chi connectivity index (χ1n) is 14.5. The van der Waals surface area contributed by atoms with Gasteiger partial charge in [0, 0.05) is 16.3 Å². The minimum atomic E-state index is -1.16. The van der Waals surface area contributed by atoms with Crippen LogP contribution in [0.25, 0.3) is 5.76 Å². The second-order valence-electron chi connectivity index (χ2n) is 10.5. The van der Waals surface area contributed by atoms with Gasteiger partial charge in [-0.25, -0.2) is 4.39 Å². The highest BCUT2D eigenvalue weighted by atomic mass is 35.5. The van der Waals surface area contributed by atoms with Crippen molar-refractivity contribution in [1.29, 1.82) is 0 Å². The molecule has 1 amide bonds. The molecule has 2 heterocycles. The third kappa shape index (κ3) is 6.86. The first-order chi connectivity index (χ1) is 23.3. The molecule has 48 heavy (non-hydrogen) atoms. The van der Waals surface area contributed by atoms with E-state index in [2.05, 4.69) is 10.2 Å². The number of nitrogens with zero attached hydrogens (tertiary/aromatic N) is 3. The van der Waals surface area contributed by atoms with Crippen molar-refractivity contribution < 1.29 is 33.3 Å². The average molecular weight is 704 g/mol. The number of aliphatic hydroxyl groups excluding tert-OH is 1. The van der Waals surface area contributed by atoms with Crippen LogP contribution in [-0.4, -0.2) is 41.2 Å². The minimum absolute atomic E-state index is 0.0115. The van der Waals surface area contributed by atoms with Crippen LogP contribution in [-0.2, 0) is 21.9 Å². The summed E-state index contributed by atoms with van der Waals surface area (Å²) in [6, 6.07) is 24.6. The number of halogens is 2. The highest BCUT2D eigenvalue weighted by Crippen LogP contribution is 2.46. The molecule has 1 fully saturated rings. The van der Waals surface area contributed by atoms with E-state index in [0.717, 1.165) is 28.5 Å². The number of rotatable bonds is 11. The number of carbonyl (C=O) groups is 2. The van der Waals surface area contributed by atoms with Gasteiger partial charge in [-0.3, -0.25) is 14.5 Å². The molecule has 13 heteroatoms. The summed E-state index contributed by atoms with van der Waals surface area (Å²) in [5.41, 5.74) is 2.11. The zero-order chi connectivity index (χ0) is 33.8. The van der Waals surface area contributed by atoms with Gasteiger partial charge in [0.15, 0.2) is 27.4 Å². The smallest absolute Gasteiger partial charge is 0.301 e. The van der Waals surface area contributed by atoms with Crippen molar-refractivity contribution in [3.05, 3.63) is 130 Å². The predicted octanol–water partition coefficient (Wildman–Crippen LogP) is 7.85. The van der Waals surface area contributed by atoms with E-state index in [0.29, 0.717) is 32.2 Å². The Morgan fingerprint density at radius 3 is 2.35 bits per heavy atom. The number of ketones is 1. The van der Waals surface area contributed by atoms with E-state index >= 15 is 0 Å². The maximum atomic E-state index is 14.7. The van der Waals surface area contributed by atoms with Crippen LogP contribution in [0.4, 0.5) is 9.52 Å². The standard InChI is InChI=1S/C35H27ClFN3O6S2/c1-44-26-14-11-23(16-25(26)37)31(41)29-30(22-10-15-27(28(17-22)45-2)46-18-20-6-4-3-5-7-20)40(33(43)32(29)42)34-38-39-35(48-34)47-19-21-8-12-24(36)13-9-21/h3-17,30,41H,18-19H2,1-2H3. The number of anilines is 1. The van der Waals surface area contributed by atoms with Gasteiger partial charge in [0.25, 0.3) is 5.78 Å². The number of methoxy groups -OCH3 is 2. The number of hydrogen-bond acceptors (Lipinski definition) is 10. The number of Topliss-reactive ketones (excluding diaryl/α,β-unsaturated/α-hetero) is 1. The van der Waals surface area contributed by atoms with E-state index in [1.807, 2.05) is 42.5 Å². The van der Waals surface area contributed by atoms with Gasteiger partial charge in [0.1, 0.15) is 12.4 Å². The summed E-state index contributed by atoms with van der Waals surface area (Å²) in [7, 11) is 2.79. The van der Waals surface area contributed by atoms with E-state index < -0.39 is 29.3 Å². The number of amides is 1. The minimum Gasteiger partial charge on any atom is -0.507 e. The molecule has 1 atom stereocenters. The normalized spacial score (nSPS) is 15.5. The Bertz CT molecular complexity index is 2010. The second-order valence-corrected chi connectivity index (χ2v) is 13.1. The zero-order valence-electron chi connectivity index (χ0n) is 25.6. The van der Waals surface area contributed by atoms with Crippen LogP contribution in [0.15, 0.2) is 101 Å². The third-order valence-electron chi connectivity index (χ3n) is 7.49. The van der Waals surface area contributed by atoms with Crippen LogP contribution in [0, 0.1) is 5.82 Å². The maximum Gasteiger partial charge on any atom is 0.301 e. The summed E-state index contributed by atoms with van der Waals surface area (Å²) >= 11 is 8.53. The van der Waals surface area contributed by atoms with Gasteiger partial charge < -0.3 is 19.3 Å². The molecule has 4 aromatic carbocycles. The highest BCUT2D eigenvalue weighted by molar-refractivity contribution is 8.00. The summed E-state index contributed by atoms with van der Waals surface area (Å²) < 4.78 is 31.9. The lowest BCUT2D eigenvalue weighted by Gasteiger charge is -2.23. The van der Waals surface area contributed by atoms with Gasteiger partial charge in [0.2, 0.25) is 5.13 Å². The lowest BCUT2D eigenvalue weighted by molar-refractivity contribution is -0.132. The monoisotopic (exact) mass is 703 g/mol. The molecule has 1 aromatic heterocycles. The molecule has 1 N–H and O–H groups in total. The Morgan fingerprint density at radius 1 is 0.917 bits per heavy atom. The number of carbonyl (C=O) groups excluding carboxylic acids is 2. The van der Waals surface area contributed by atoms with Crippen molar-refractivity contribution >= 4 is 57.3 Å². The van der Waals surface area contributed by atoms with E-state index in [1.165, 1.54) is 43.0 Å². The van der Waals surface area contributed by atoms with Gasteiger partial charge in [-0.2, -0.15) is 0 Å². The lowest BCUT2D eigenvalue weighted by Crippen LogP contribution is -2.29. The van der Waals surface area contributed by atoms with Gasteiger partial charge >= 0.3 is 5.91 Å². The lowest BCUT2D eigenvalue weighted by atomic mass is 9.95. The molecule has 244 valence electrons. The number of hydrogen-bond donors (Lipinski definition) is 1. The SMILES string of the molecule is COc1ccc(C(O)=C2C(=O)C(=O)N(c3nnc(SCc4ccc(Cl)cc4)s3)C2c2ccc(OCc3ccccc3)c(OC)c2)cc1F. The maximum absolute atomic E-state index is 14.7. The van der Waals surface area contributed by atoms with Gasteiger partial charge in [0.05, 0.1) is 25.8 Å². The van der Waals surface area contributed by atoms with Crippen LogP contribution < -0.4 is 19.1 Å². The van der Waals surface area contributed by atoms with Gasteiger partial charge in [-0.05, 0) is 59.2 Å². The Morgan fingerprint density at radius 2 is 1.65 bits per heavy atom. The Hall–Kier alpha value is -4.91. The fourth-order valence-corrected chi connectivity index (χ4v) is 7.06. The molecule has 0 aliphatic carbocycles. The molecular formula is C35H27ClFN3O6S2. The summed E-state index contributed by atoms with van der Waals surface area (Å²) in [5.74, 6) is -1.92. The molecule has 1 saturated heterocycles. The van der Waals surface area contributed by atoms with Crippen molar-refractivity contribution in [2.45, 2.75) is 22.7 Å². The summed E-state index contributed by atoms with van der Waals surface area (Å²) in [6.07, 6.45) is 0. The van der Waals surface area contributed by atoms with E-state index in [9.17, 15) is 19.1 Å². The largest absolute Gasteiger partial charge is 0.507 e. The van der Waals surface area contributed by atoms with Crippen LogP contribution in [0.1, 0.15) is 28.3 Å². The fourth-order valence-electron chi connectivity index (χ4n) is 5.11. The first-order valence-corrected chi connectivity index (χ1v) is 16.7. The molecule has 1 unspecified atom stereocenters. The number of aromatic nitrogens is 2. The van der Waals surface area contributed by atoms with Crippen LogP contribution in [0.2, 0.25) is 5.02 Å². The molecule has 6 rings (SSSR count). The second kappa shape index (κ2) is 14.5. The van der Waals surface area contributed by atoms with Crippen molar-refractivity contribution in [2.75, 3.05) is 19.1 Å². The molecule has 1 aliphatic rings. The Kier molecular flexibility index (Phi) is 9.95. The summed E-state index contributed by atoms with van der Waals surface area (Å²) in [5, 5.41) is 20.8. The quantitative estimate of drug-likeness (QED) is 0.0484. The zero-order valence-corrected chi connectivity index (χ0v) is 27.9. The van der Waals surface area contributed by atoms with Crippen molar-refractivity contribution in [1.82, 2.24) is 10.2 Å². The molecule has 9 nitrogen and oxygen atoms in total. The number of benzene rings is 4. The molecule has 0 spiro atoms. The van der Waals surface area contributed by atoms with Crippen LogP contribution in [0.3, 0.4) is 0 Å². The Balaban J connectivity index is 1.39. The highest BCUT2D eigenvalue weighted by Gasteiger charge is 2.48. The van der Waals surface area contributed by atoms with Crippen LogP contribution >= 0.6 is 34.7 Å². The van der Waals surface area contributed by atoms with Gasteiger partial charge in [-0.15, -0.1) is 10.2 Å². The van der Waals surface area contributed by atoms with Crippen LogP contribution in [0.5, 0.6) is 17.2 Å². The van der Waals surface area contributed by atoms with Crippen molar-refractivity contribution in [3.8, 4) is 17.2 Å². The Labute approximate surface area is 288 Å². The van der Waals surface area contributed by atoms with Crippen molar-refractivity contribution in [2.24, 2.45) is 0 Å². The van der Waals surface area contributed by atoms with E-state index in [-0.39, 0.29) is 28.6 Å². The molecule has 1 aliphatic heterocycles. The molecule has 5 aromatic rings. The predicted molar refractivity (Wildman–Crippen MR) is 182 cm³/mol. The van der Waals surface area contributed by atoms with E-state index in [4.69, 9.17) is 25.8 Å².